The number of nitrogens with zero attached hydrogens (tertiary/aromatic N) is 1. The number of nitrogens with two attached hydrogens (primary N) is 2. The van der Waals surface area contributed by atoms with Gasteiger partial charge in [-0.1, -0.05) is 0 Å². The normalized spacial score (nSPS) is 8.15. The molecular weight excluding hydrogens is 211 g/mol. The van der Waals surface area contributed by atoms with E-state index in [9.17, 15) is 0 Å². The number of rotatable bonds is 2. The summed E-state index contributed by atoms with van der Waals surface area (Å²) < 4.78 is 0. The van der Waals surface area contributed by atoms with Crippen molar-refractivity contribution < 1.29 is 0 Å². The second-order valence-corrected chi connectivity index (χ2v) is 2.21. The predicted molar refractivity (Wildman–Crippen MR) is 60.6 cm³/mol. The molecule has 0 atom stereocenters. The van der Waals surface area contributed by atoms with Crippen molar-refractivity contribution in [3.8, 4) is 0 Å². The molecule has 1 aromatic rings. The van der Waals surface area contributed by atoms with Crippen molar-refractivity contribution in [2.24, 2.45) is 5.73 Å². The lowest BCUT2D eigenvalue weighted by atomic mass is 10.2. The van der Waals surface area contributed by atoms with Crippen molar-refractivity contribution in [3.05, 3.63) is 18.0 Å². The summed E-state index contributed by atoms with van der Waals surface area (Å²) in [6, 6.07) is 0. The molecule has 0 aliphatic rings. The molecule has 13 heavy (non-hydrogen) atoms. The average Bonchev–Trinajstić information content (AvgIpc) is 2.04. The van der Waals surface area contributed by atoms with E-state index in [1.165, 1.54) is 0 Å². The summed E-state index contributed by atoms with van der Waals surface area (Å²) in [5.74, 6) is 0. The van der Waals surface area contributed by atoms with Crippen LogP contribution < -0.4 is 16.8 Å². The second kappa shape index (κ2) is 6.77. The summed E-state index contributed by atoms with van der Waals surface area (Å²) in [6.07, 6.45) is 3.31. The van der Waals surface area contributed by atoms with Crippen molar-refractivity contribution in [2.75, 3.05) is 18.1 Å². The summed E-state index contributed by atoms with van der Waals surface area (Å²) in [4.78, 5) is 3.92. The van der Waals surface area contributed by atoms with E-state index in [-0.39, 0.29) is 24.8 Å². The number of nitrogens with one attached hydrogen (secondary N) is 1. The van der Waals surface area contributed by atoms with E-state index < -0.39 is 0 Å². The molecule has 0 aromatic carbocycles. The molecule has 0 saturated heterocycles. The monoisotopic (exact) mass is 224 g/mol. The highest BCUT2D eigenvalue weighted by atomic mass is 35.5. The lowest BCUT2D eigenvalue weighted by Gasteiger charge is -2.07. The van der Waals surface area contributed by atoms with Gasteiger partial charge in [0.25, 0.3) is 0 Å². The summed E-state index contributed by atoms with van der Waals surface area (Å²) in [5, 5.41) is 2.96. The largest absolute Gasteiger partial charge is 0.397 e. The van der Waals surface area contributed by atoms with Gasteiger partial charge in [0.15, 0.2) is 0 Å². The summed E-state index contributed by atoms with van der Waals surface area (Å²) in [6.45, 7) is 0.435. The van der Waals surface area contributed by atoms with Crippen LogP contribution in [0, 0.1) is 0 Å². The zero-order valence-electron chi connectivity index (χ0n) is 7.28. The van der Waals surface area contributed by atoms with Crippen LogP contribution in [0.2, 0.25) is 0 Å². The molecule has 0 radical (unpaired) electrons. The number of halogens is 2. The Morgan fingerprint density at radius 3 is 2.38 bits per heavy atom. The molecule has 0 fully saturated rings. The van der Waals surface area contributed by atoms with Crippen molar-refractivity contribution in [2.45, 2.75) is 6.54 Å². The molecule has 0 amide bonds. The number of aromatic nitrogens is 1. The Kier molecular flexibility index (Phi) is 7.70. The first-order valence-corrected chi connectivity index (χ1v) is 3.39. The minimum absolute atomic E-state index is 0. The van der Waals surface area contributed by atoms with Gasteiger partial charge in [-0.25, -0.2) is 0 Å². The number of pyridine rings is 1. The van der Waals surface area contributed by atoms with Gasteiger partial charge in [0, 0.05) is 19.2 Å². The molecule has 5 N–H and O–H groups in total. The fourth-order valence-corrected chi connectivity index (χ4v) is 0.947. The molecule has 4 nitrogen and oxygen atoms in total. The Hall–Kier alpha value is -0.710. The first-order chi connectivity index (χ1) is 5.29. The SMILES string of the molecule is CNc1cncc(N)c1CN.Cl.Cl. The summed E-state index contributed by atoms with van der Waals surface area (Å²) in [5.41, 5.74) is 13.6. The maximum absolute atomic E-state index is 5.62. The van der Waals surface area contributed by atoms with Crippen molar-refractivity contribution in [3.63, 3.8) is 0 Å². The zero-order valence-corrected chi connectivity index (χ0v) is 8.91. The topological polar surface area (TPSA) is 77.0 Å². The van der Waals surface area contributed by atoms with Gasteiger partial charge in [0.1, 0.15) is 0 Å². The molecule has 0 saturated carbocycles. The highest BCUT2D eigenvalue weighted by Crippen LogP contribution is 2.18. The molecule has 0 aliphatic carbocycles. The third kappa shape index (κ3) is 3.26. The lowest BCUT2D eigenvalue weighted by molar-refractivity contribution is 1.06. The van der Waals surface area contributed by atoms with Gasteiger partial charge in [0.2, 0.25) is 0 Å². The average molecular weight is 225 g/mol. The maximum atomic E-state index is 5.62. The van der Waals surface area contributed by atoms with Crippen LogP contribution in [0.3, 0.4) is 0 Å². The molecule has 6 heteroatoms. The molecule has 1 heterocycles. The standard InChI is InChI=1S/C7H12N4.2ClH/c1-10-7-4-11-3-6(9)5(7)2-8;;/h3-4,10H,2,8-9H2,1H3;2*1H. The van der Waals surface area contributed by atoms with E-state index in [0.29, 0.717) is 12.2 Å². The predicted octanol–water partition coefficient (Wildman–Crippen LogP) is 1.01. The van der Waals surface area contributed by atoms with Crippen LogP contribution in [0.15, 0.2) is 12.4 Å². The lowest BCUT2D eigenvalue weighted by Crippen LogP contribution is -2.06. The van der Waals surface area contributed by atoms with Crippen LogP contribution in [0.1, 0.15) is 5.56 Å². The Morgan fingerprint density at radius 1 is 1.38 bits per heavy atom. The fourth-order valence-electron chi connectivity index (χ4n) is 0.947. The van der Waals surface area contributed by atoms with Crippen LogP contribution in [-0.2, 0) is 6.54 Å². The number of hydrogen-bond donors (Lipinski definition) is 3. The Bertz CT molecular complexity index is 254. The Labute approximate surface area is 89.9 Å². The molecule has 76 valence electrons. The number of hydrogen-bond acceptors (Lipinski definition) is 4. The highest BCUT2D eigenvalue weighted by Gasteiger charge is 2.01. The van der Waals surface area contributed by atoms with Crippen LogP contribution in [0.25, 0.3) is 0 Å². The third-order valence-corrected chi connectivity index (χ3v) is 1.56. The fraction of sp³-hybridized carbons (Fsp3) is 0.286. The van der Waals surface area contributed by atoms with Crippen molar-refractivity contribution >= 4 is 36.2 Å². The van der Waals surface area contributed by atoms with Gasteiger partial charge in [-0.3, -0.25) is 4.98 Å². The van der Waals surface area contributed by atoms with Gasteiger partial charge in [-0.15, -0.1) is 24.8 Å². The van der Waals surface area contributed by atoms with Gasteiger partial charge in [-0.2, -0.15) is 0 Å². The summed E-state index contributed by atoms with van der Waals surface area (Å²) >= 11 is 0. The second-order valence-electron chi connectivity index (χ2n) is 2.21. The third-order valence-electron chi connectivity index (χ3n) is 1.56. The van der Waals surface area contributed by atoms with Crippen molar-refractivity contribution in [1.29, 1.82) is 0 Å². The smallest absolute Gasteiger partial charge is 0.0590 e. The van der Waals surface area contributed by atoms with Gasteiger partial charge in [0.05, 0.1) is 23.8 Å². The minimum Gasteiger partial charge on any atom is -0.397 e. The molecule has 1 rings (SSSR count). The Morgan fingerprint density at radius 2 is 2.00 bits per heavy atom. The summed E-state index contributed by atoms with van der Waals surface area (Å²) in [7, 11) is 1.82. The van der Waals surface area contributed by atoms with Gasteiger partial charge in [-0.05, 0) is 0 Å². The van der Waals surface area contributed by atoms with E-state index in [2.05, 4.69) is 10.3 Å². The van der Waals surface area contributed by atoms with E-state index in [1.54, 1.807) is 12.4 Å². The van der Waals surface area contributed by atoms with E-state index in [0.717, 1.165) is 11.3 Å². The van der Waals surface area contributed by atoms with Crippen LogP contribution in [0.4, 0.5) is 11.4 Å². The van der Waals surface area contributed by atoms with Gasteiger partial charge < -0.3 is 16.8 Å². The maximum Gasteiger partial charge on any atom is 0.0590 e. The van der Waals surface area contributed by atoms with Crippen LogP contribution in [-0.4, -0.2) is 12.0 Å². The molecule has 0 bridgehead atoms. The molecule has 0 spiro atoms. The number of anilines is 2. The highest BCUT2D eigenvalue weighted by molar-refractivity contribution is 5.85. The molecular formula is C7H14Cl2N4. The molecule has 0 aliphatic heterocycles. The molecule has 0 unspecified atom stereocenters. The first kappa shape index (κ1) is 14.8. The van der Waals surface area contributed by atoms with Gasteiger partial charge >= 0.3 is 0 Å². The minimum atomic E-state index is 0. The van der Waals surface area contributed by atoms with E-state index in [4.69, 9.17) is 11.5 Å². The van der Waals surface area contributed by atoms with Crippen LogP contribution in [0.5, 0.6) is 0 Å². The quantitative estimate of drug-likeness (QED) is 0.701. The Balaban J connectivity index is 0. The van der Waals surface area contributed by atoms with E-state index in [1.807, 2.05) is 7.05 Å². The van der Waals surface area contributed by atoms with Crippen molar-refractivity contribution in [1.82, 2.24) is 4.98 Å². The first-order valence-electron chi connectivity index (χ1n) is 3.39. The molecule has 1 aromatic heterocycles. The number of nitrogen functional groups attached to an aromatic ring is 1. The van der Waals surface area contributed by atoms with Crippen LogP contribution >= 0.6 is 24.8 Å². The van der Waals surface area contributed by atoms with E-state index >= 15 is 0 Å². The zero-order chi connectivity index (χ0) is 8.27.